The summed E-state index contributed by atoms with van der Waals surface area (Å²) in [5, 5.41) is 19.9. The number of hydrogen-bond donors (Lipinski definition) is 4. The fourth-order valence-electron chi connectivity index (χ4n) is 3.93. The van der Waals surface area contributed by atoms with E-state index in [-0.39, 0.29) is 41.8 Å². The molecular weight excluding hydrogens is 479 g/mol. The number of nitrogens with one attached hydrogen (secondary N) is 3. The molecule has 162 valence electrons. The normalized spacial score (nSPS) is 21.8. The first-order valence-electron chi connectivity index (χ1n) is 10.6. The molecule has 1 aromatic carbocycles. The van der Waals surface area contributed by atoms with Gasteiger partial charge in [0.1, 0.15) is 5.75 Å². The van der Waals surface area contributed by atoms with E-state index in [1.165, 1.54) is 0 Å². The topological polar surface area (TPSA) is 85.8 Å². The number of aromatic hydroxyl groups is 1. The van der Waals surface area contributed by atoms with Crippen LogP contribution in [0.5, 0.6) is 5.75 Å². The quantitative estimate of drug-likeness (QED) is 0.266. The Morgan fingerprint density at radius 1 is 1.10 bits per heavy atom. The molecule has 2 aliphatic carbocycles. The van der Waals surface area contributed by atoms with E-state index in [9.17, 15) is 9.90 Å². The highest BCUT2D eigenvalue weighted by molar-refractivity contribution is 14.0. The summed E-state index contributed by atoms with van der Waals surface area (Å²) in [7, 11) is 0. The van der Waals surface area contributed by atoms with E-state index < -0.39 is 0 Å². The van der Waals surface area contributed by atoms with Crippen molar-refractivity contribution >= 4 is 35.8 Å². The summed E-state index contributed by atoms with van der Waals surface area (Å²) in [6.07, 6.45) is 6.24. The Morgan fingerprint density at radius 2 is 1.79 bits per heavy atom. The Kier molecular flexibility index (Phi) is 9.04. The first-order valence-corrected chi connectivity index (χ1v) is 10.6. The molecule has 7 heteroatoms. The number of amides is 1. The molecule has 1 amide bonds. The van der Waals surface area contributed by atoms with Crippen LogP contribution < -0.4 is 16.0 Å². The molecule has 4 N–H and O–H groups in total. The summed E-state index contributed by atoms with van der Waals surface area (Å²) in [5.41, 5.74) is 2.83. The molecule has 29 heavy (non-hydrogen) atoms. The molecule has 2 aliphatic rings. The van der Waals surface area contributed by atoms with Gasteiger partial charge in [0.05, 0.1) is 6.54 Å². The Hall–Kier alpha value is -1.51. The van der Waals surface area contributed by atoms with E-state index in [1.807, 2.05) is 26.0 Å². The number of halogens is 1. The molecule has 2 unspecified atom stereocenters. The summed E-state index contributed by atoms with van der Waals surface area (Å²) in [5.74, 6) is 1.48. The predicted molar refractivity (Wildman–Crippen MR) is 128 cm³/mol. The average molecular weight is 514 g/mol. The van der Waals surface area contributed by atoms with Crippen LogP contribution in [0.25, 0.3) is 0 Å². The largest absolute Gasteiger partial charge is 0.507 e. The van der Waals surface area contributed by atoms with Crippen LogP contribution in [0.3, 0.4) is 0 Å². The van der Waals surface area contributed by atoms with E-state index in [4.69, 9.17) is 4.99 Å². The number of hydrogen-bond acceptors (Lipinski definition) is 3. The zero-order chi connectivity index (χ0) is 20.1. The number of phenols is 1. The van der Waals surface area contributed by atoms with Gasteiger partial charge in [0.2, 0.25) is 5.91 Å². The lowest BCUT2D eigenvalue weighted by Gasteiger charge is -2.30. The van der Waals surface area contributed by atoms with E-state index in [0.29, 0.717) is 18.3 Å². The number of carbonyl (C=O) groups is 1. The molecule has 3 rings (SSSR count). The third-order valence-corrected chi connectivity index (χ3v) is 5.62. The van der Waals surface area contributed by atoms with Crippen LogP contribution in [0.1, 0.15) is 62.1 Å². The summed E-state index contributed by atoms with van der Waals surface area (Å²) in [4.78, 5) is 17.1. The molecule has 2 fully saturated rings. The van der Waals surface area contributed by atoms with Crippen LogP contribution in [-0.2, 0) is 11.3 Å². The third kappa shape index (κ3) is 7.04. The smallest absolute Gasteiger partial charge is 0.223 e. The number of aryl methyl sites for hydroxylation is 2. The number of nitrogens with zero attached hydrogens (tertiary/aromatic N) is 1. The predicted octanol–water partition coefficient (Wildman–Crippen LogP) is 3.52. The molecule has 0 saturated heterocycles. The van der Waals surface area contributed by atoms with Crippen molar-refractivity contribution in [2.75, 3.05) is 6.54 Å². The molecule has 1 aromatic rings. The van der Waals surface area contributed by atoms with Gasteiger partial charge in [0, 0.05) is 24.5 Å². The van der Waals surface area contributed by atoms with E-state index in [1.54, 1.807) is 0 Å². The van der Waals surface area contributed by atoms with Crippen molar-refractivity contribution in [2.24, 2.45) is 10.9 Å². The molecule has 0 bridgehead atoms. The van der Waals surface area contributed by atoms with Crippen molar-refractivity contribution in [3.63, 3.8) is 0 Å². The number of benzene rings is 1. The zero-order valence-corrected chi connectivity index (χ0v) is 20.1. The maximum Gasteiger partial charge on any atom is 0.223 e. The Labute approximate surface area is 191 Å². The van der Waals surface area contributed by atoms with Gasteiger partial charge in [0.15, 0.2) is 5.96 Å². The van der Waals surface area contributed by atoms with Gasteiger partial charge in [-0.05, 0) is 69.6 Å². The summed E-state index contributed by atoms with van der Waals surface area (Å²) in [6, 6.07) is 4.66. The van der Waals surface area contributed by atoms with E-state index in [0.717, 1.165) is 67.7 Å². The zero-order valence-electron chi connectivity index (χ0n) is 17.8. The first kappa shape index (κ1) is 23.8. The number of guanidine groups is 1. The maximum atomic E-state index is 12.4. The van der Waals surface area contributed by atoms with Crippen LogP contribution >= 0.6 is 24.0 Å². The monoisotopic (exact) mass is 514 g/mol. The highest BCUT2D eigenvalue weighted by Crippen LogP contribution is 2.27. The van der Waals surface area contributed by atoms with Crippen molar-refractivity contribution in [3.8, 4) is 5.75 Å². The molecule has 0 aliphatic heterocycles. The summed E-state index contributed by atoms with van der Waals surface area (Å²) < 4.78 is 0. The highest BCUT2D eigenvalue weighted by Gasteiger charge is 2.31. The molecule has 0 aromatic heterocycles. The van der Waals surface area contributed by atoms with Gasteiger partial charge in [-0.15, -0.1) is 24.0 Å². The van der Waals surface area contributed by atoms with Crippen molar-refractivity contribution in [1.29, 1.82) is 0 Å². The second-order valence-corrected chi connectivity index (χ2v) is 8.26. The summed E-state index contributed by atoms with van der Waals surface area (Å²) >= 11 is 0. The fourth-order valence-corrected chi connectivity index (χ4v) is 3.93. The Bertz CT molecular complexity index is 711. The van der Waals surface area contributed by atoms with Gasteiger partial charge in [-0.1, -0.05) is 18.6 Å². The minimum Gasteiger partial charge on any atom is -0.507 e. The SMILES string of the molecule is CCNC(=NCc1cc(C)c(O)c(C)c1)NC1CCCC(C(=O)NC2CC2)C1.I. The van der Waals surface area contributed by atoms with Gasteiger partial charge in [-0.25, -0.2) is 4.99 Å². The lowest BCUT2D eigenvalue weighted by Crippen LogP contribution is -2.47. The lowest BCUT2D eigenvalue weighted by atomic mass is 9.85. The average Bonchev–Trinajstić information content (AvgIpc) is 3.48. The molecule has 2 saturated carbocycles. The molecule has 6 nitrogen and oxygen atoms in total. The second kappa shape index (κ2) is 11.0. The van der Waals surface area contributed by atoms with Crippen LogP contribution in [0, 0.1) is 19.8 Å². The molecule has 0 radical (unpaired) electrons. The van der Waals surface area contributed by atoms with Gasteiger partial charge < -0.3 is 21.1 Å². The summed E-state index contributed by atoms with van der Waals surface area (Å²) in [6.45, 7) is 7.22. The highest BCUT2D eigenvalue weighted by atomic mass is 127. The lowest BCUT2D eigenvalue weighted by molar-refractivity contribution is -0.126. The minimum atomic E-state index is 0. The van der Waals surface area contributed by atoms with Crippen molar-refractivity contribution < 1.29 is 9.90 Å². The number of carbonyl (C=O) groups excluding carboxylic acids is 1. The van der Waals surface area contributed by atoms with Crippen LogP contribution in [0.15, 0.2) is 17.1 Å². The van der Waals surface area contributed by atoms with Crippen molar-refractivity contribution in [2.45, 2.75) is 77.9 Å². The molecule has 0 spiro atoms. The first-order chi connectivity index (χ1) is 13.5. The minimum absolute atomic E-state index is 0. The van der Waals surface area contributed by atoms with Crippen LogP contribution in [-0.4, -0.2) is 35.6 Å². The van der Waals surface area contributed by atoms with Crippen LogP contribution in [0.2, 0.25) is 0 Å². The van der Waals surface area contributed by atoms with Gasteiger partial charge in [-0.3, -0.25) is 4.79 Å². The van der Waals surface area contributed by atoms with Gasteiger partial charge in [0.25, 0.3) is 0 Å². The standard InChI is InChI=1S/C22H34N4O2.HI/c1-4-23-22(24-13-16-10-14(2)20(27)15(3)11-16)26-19-7-5-6-17(12-19)21(28)25-18-8-9-18;/h10-11,17-19,27H,4-9,12-13H2,1-3H3,(H,25,28)(H2,23,24,26);1H. The Balaban J connectivity index is 0.00000300. The van der Waals surface area contributed by atoms with E-state index in [2.05, 4.69) is 22.9 Å². The maximum absolute atomic E-state index is 12.4. The van der Waals surface area contributed by atoms with Crippen LogP contribution in [0.4, 0.5) is 0 Å². The molecular formula is C22H35IN4O2. The number of rotatable bonds is 6. The Morgan fingerprint density at radius 3 is 2.41 bits per heavy atom. The molecule has 2 atom stereocenters. The fraction of sp³-hybridized carbons (Fsp3) is 0.636. The van der Waals surface area contributed by atoms with Gasteiger partial charge in [-0.2, -0.15) is 0 Å². The third-order valence-electron chi connectivity index (χ3n) is 5.62. The second-order valence-electron chi connectivity index (χ2n) is 8.26. The van der Waals surface area contributed by atoms with Crippen molar-refractivity contribution in [1.82, 2.24) is 16.0 Å². The van der Waals surface area contributed by atoms with Crippen molar-refractivity contribution in [3.05, 3.63) is 28.8 Å². The van der Waals surface area contributed by atoms with E-state index >= 15 is 0 Å². The van der Waals surface area contributed by atoms with Gasteiger partial charge >= 0.3 is 0 Å². The number of aliphatic imine (C=N–C) groups is 1. The number of phenolic OH excluding ortho intramolecular Hbond substituents is 1. The molecule has 0 heterocycles.